The van der Waals surface area contributed by atoms with Crippen molar-refractivity contribution in [1.29, 1.82) is 0 Å². The monoisotopic (exact) mass is 259 g/mol. The molecule has 1 atom stereocenters. The molecule has 1 aliphatic carbocycles. The van der Waals surface area contributed by atoms with Gasteiger partial charge in [0.1, 0.15) is 0 Å². The average Bonchev–Trinajstić information content (AvgIpc) is 2.88. The molecule has 1 nitrogen and oxygen atoms in total. The van der Waals surface area contributed by atoms with Gasteiger partial charge in [-0.3, -0.25) is 0 Å². The van der Waals surface area contributed by atoms with E-state index in [0.29, 0.717) is 6.04 Å². The van der Waals surface area contributed by atoms with E-state index < -0.39 is 0 Å². The van der Waals surface area contributed by atoms with E-state index in [1.54, 1.807) is 0 Å². The second-order valence-corrected chi connectivity index (χ2v) is 5.55. The maximum Gasteiger partial charge on any atom is 0.0327 e. The van der Waals surface area contributed by atoms with E-state index in [9.17, 15) is 0 Å². The van der Waals surface area contributed by atoms with E-state index in [0.717, 1.165) is 12.5 Å². The summed E-state index contributed by atoms with van der Waals surface area (Å²) in [5.41, 5.74) is 0. The van der Waals surface area contributed by atoms with Crippen LogP contribution in [0.1, 0.15) is 24.6 Å². The van der Waals surface area contributed by atoms with E-state index in [-0.39, 0.29) is 0 Å². The predicted octanol–water partition coefficient (Wildman–Crippen LogP) is 3.40. The molecule has 0 bridgehead atoms. The van der Waals surface area contributed by atoms with E-state index >= 15 is 0 Å². The van der Waals surface area contributed by atoms with Crippen LogP contribution in [0.2, 0.25) is 0 Å². The maximum absolute atomic E-state index is 3.57. The van der Waals surface area contributed by atoms with Crippen molar-refractivity contribution in [1.82, 2.24) is 5.32 Å². The molecule has 1 aromatic rings. The summed E-state index contributed by atoms with van der Waals surface area (Å²) in [5, 5.41) is 5.70. The lowest BCUT2D eigenvalue weighted by molar-refractivity contribution is 0.498. The predicted molar refractivity (Wildman–Crippen MR) is 61.0 cm³/mol. The first-order valence-electron chi connectivity index (χ1n) is 4.72. The zero-order valence-electron chi connectivity index (χ0n) is 7.72. The van der Waals surface area contributed by atoms with Crippen LogP contribution >= 0.6 is 27.3 Å². The molecule has 0 aromatic carbocycles. The van der Waals surface area contributed by atoms with E-state index in [1.165, 1.54) is 22.2 Å². The fourth-order valence-electron chi connectivity index (χ4n) is 1.47. The summed E-state index contributed by atoms with van der Waals surface area (Å²) in [4.78, 5) is 1.41. The van der Waals surface area contributed by atoms with Crippen LogP contribution in [-0.2, 0) is 6.54 Å². The van der Waals surface area contributed by atoms with Gasteiger partial charge in [0.2, 0.25) is 0 Å². The highest BCUT2D eigenvalue weighted by Gasteiger charge is 2.27. The van der Waals surface area contributed by atoms with Crippen molar-refractivity contribution in [3.8, 4) is 0 Å². The largest absolute Gasteiger partial charge is 0.309 e. The Labute approximate surface area is 91.7 Å². The highest BCUT2D eigenvalue weighted by molar-refractivity contribution is 9.10. The summed E-state index contributed by atoms with van der Waals surface area (Å²) in [6.07, 6.45) is 2.83. The minimum Gasteiger partial charge on any atom is -0.309 e. The average molecular weight is 260 g/mol. The van der Waals surface area contributed by atoms with Gasteiger partial charge in [-0.2, -0.15) is 0 Å². The lowest BCUT2D eigenvalue weighted by Gasteiger charge is -2.11. The van der Waals surface area contributed by atoms with Crippen LogP contribution in [-0.4, -0.2) is 6.04 Å². The number of halogens is 1. The Morgan fingerprint density at radius 3 is 3.00 bits per heavy atom. The molecule has 3 heteroatoms. The zero-order chi connectivity index (χ0) is 9.26. The van der Waals surface area contributed by atoms with Crippen molar-refractivity contribution in [2.24, 2.45) is 5.92 Å². The lowest BCUT2D eigenvalue weighted by Crippen LogP contribution is -2.26. The molecular weight excluding hydrogens is 246 g/mol. The molecule has 0 radical (unpaired) electrons. The van der Waals surface area contributed by atoms with Crippen LogP contribution in [0.3, 0.4) is 0 Å². The maximum atomic E-state index is 3.57. The topological polar surface area (TPSA) is 12.0 Å². The molecule has 1 N–H and O–H groups in total. The Balaban J connectivity index is 1.81. The molecule has 1 unspecified atom stereocenters. The molecule has 0 aliphatic heterocycles. The third-order valence-electron chi connectivity index (χ3n) is 2.60. The van der Waals surface area contributed by atoms with Gasteiger partial charge in [-0.15, -0.1) is 11.3 Å². The quantitative estimate of drug-likeness (QED) is 0.874. The second-order valence-electron chi connectivity index (χ2n) is 3.70. The number of hydrogen-bond acceptors (Lipinski definition) is 2. The van der Waals surface area contributed by atoms with Gasteiger partial charge in [0.25, 0.3) is 0 Å². The summed E-state index contributed by atoms with van der Waals surface area (Å²) >= 11 is 5.35. The SMILES string of the molecule is CC(NCc1sccc1Br)C1CC1. The fourth-order valence-corrected chi connectivity index (χ4v) is 2.91. The molecule has 72 valence electrons. The summed E-state index contributed by atoms with van der Waals surface area (Å²) in [5.74, 6) is 0.943. The first kappa shape index (κ1) is 9.69. The van der Waals surface area contributed by atoms with Crippen molar-refractivity contribution in [3.63, 3.8) is 0 Å². The van der Waals surface area contributed by atoms with Gasteiger partial charge in [0, 0.05) is 21.9 Å². The van der Waals surface area contributed by atoms with Gasteiger partial charge < -0.3 is 5.32 Å². The van der Waals surface area contributed by atoms with Crippen LogP contribution in [0.4, 0.5) is 0 Å². The molecule has 13 heavy (non-hydrogen) atoms. The van der Waals surface area contributed by atoms with E-state index in [1.807, 2.05) is 11.3 Å². The Kier molecular flexibility index (Phi) is 3.06. The molecular formula is C10H14BrNS. The van der Waals surface area contributed by atoms with Gasteiger partial charge in [-0.1, -0.05) is 0 Å². The summed E-state index contributed by atoms with van der Waals surface area (Å²) in [6.45, 7) is 3.30. The van der Waals surface area contributed by atoms with Crippen molar-refractivity contribution < 1.29 is 0 Å². The molecule has 1 aliphatic rings. The molecule has 0 spiro atoms. The molecule has 0 saturated heterocycles. The van der Waals surface area contributed by atoms with Crippen LogP contribution in [0, 0.1) is 5.92 Å². The van der Waals surface area contributed by atoms with Crippen molar-refractivity contribution in [2.75, 3.05) is 0 Å². The third-order valence-corrected chi connectivity index (χ3v) is 4.53. The molecule has 1 fully saturated rings. The second kappa shape index (κ2) is 4.11. The third kappa shape index (κ3) is 2.55. The van der Waals surface area contributed by atoms with Crippen LogP contribution in [0.5, 0.6) is 0 Å². The molecule has 1 heterocycles. The van der Waals surface area contributed by atoms with Gasteiger partial charge in [0.15, 0.2) is 0 Å². The minimum atomic E-state index is 0.689. The molecule has 2 rings (SSSR count). The minimum absolute atomic E-state index is 0.689. The number of thiophene rings is 1. The van der Waals surface area contributed by atoms with Gasteiger partial charge in [-0.25, -0.2) is 0 Å². The Morgan fingerprint density at radius 2 is 2.46 bits per heavy atom. The van der Waals surface area contributed by atoms with Crippen LogP contribution < -0.4 is 5.32 Å². The summed E-state index contributed by atoms with van der Waals surface area (Å²) < 4.78 is 1.24. The fraction of sp³-hybridized carbons (Fsp3) is 0.600. The number of rotatable bonds is 4. The van der Waals surface area contributed by atoms with Gasteiger partial charge in [0.05, 0.1) is 0 Å². The first-order chi connectivity index (χ1) is 6.27. The smallest absolute Gasteiger partial charge is 0.0327 e. The highest BCUT2D eigenvalue weighted by Crippen LogP contribution is 2.32. The highest BCUT2D eigenvalue weighted by atomic mass is 79.9. The standard InChI is InChI=1S/C10H14BrNS/c1-7(8-2-3-8)12-6-10-9(11)4-5-13-10/h4-5,7-8,12H,2-3,6H2,1H3. The van der Waals surface area contributed by atoms with E-state index in [4.69, 9.17) is 0 Å². The Morgan fingerprint density at radius 1 is 1.69 bits per heavy atom. The van der Waals surface area contributed by atoms with E-state index in [2.05, 4.69) is 39.6 Å². The number of hydrogen-bond donors (Lipinski definition) is 1. The van der Waals surface area contributed by atoms with Crippen molar-refractivity contribution in [3.05, 3.63) is 20.8 Å². The molecule has 0 amide bonds. The van der Waals surface area contributed by atoms with Gasteiger partial charge in [-0.05, 0) is 53.1 Å². The molecule has 1 saturated carbocycles. The molecule has 1 aromatic heterocycles. The Hall–Kier alpha value is 0.140. The van der Waals surface area contributed by atoms with Crippen LogP contribution in [0.15, 0.2) is 15.9 Å². The first-order valence-corrected chi connectivity index (χ1v) is 6.40. The number of nitrogens with one attached hydrogen (secondary N) is 1. The van der Waals surface area contributed by atoms with Crippen molar-refractivity contribution in [2.45, 2.75) is 32.4 Å². The lowest BCUT2D eigenvalue weighted by atomic mass is 10.2. The van der Waals surface area contributed by atoms with Crippen LogP contribution in [0.25, 0.3) is 0 Å². The zero-order valence-corrected chi connectivity index (χ0v) is 10.1. The normalized spacial score (nSPS) is 18.9. The summed E-state index contributed by atoms with van der Waals surface area (Å²) in [6, 6.07) is 2.80. The van der Waals surface area contributed by atoms with Gasteiger partial charge >= 0.3 is 0 Å². The van der Waals surface area contributed by atoms with Crippen molar-refractivity contribution >= 4 is 27.3 Å². The Bertz CT molecular complexity index is 280. The summed E-state index contributed by atoms with van der Waals surface area (Å²) in [7, 11) is 0.